The number of nitrogens with zero attached hydrogens (tertiary/aromatic N) is 2. The van der Waals surface area contributed by atoms with Crippen molar-refractivity contribution in [3.63, 3.8) is 0 Å². The number of hydrogen-bond donors (Lipinski definition) is 0. The maximum absolute atomic E-state index is 13.1. The van der Waals surface area contributed by atoms with Crippen LogP contribution in [0.4, 0.5) is 13.2 Å². The molecule has 2 nitrogen and oxygen atoms in total. The Kier molecular flexibility index (Phi) is 3.86. The van der Waals surface area contributed by atoms with E-state index in [1.807, 2.05) is 11.4 Å². The summed E-state index contributed by atoms with van der Waals surface area (Å²) < 4.78 is 39.3. The Bertz CT molecular complexity index is 659. The highest BCUT2D eigenvalue weighted by atomic mass is 32.1. The fraction of sp³-hybridized carbons (Fsp3) is 0.533. The van der Waals surface area contributed by atoms with Gasteiger partial charge in [0, 0.05) is 18.0 Å². The summed E-state index contributed by atoms with van der Waals surface area (Å²) in [5, 5.41) is 2.48. The first-order valence-corrected chi connectivity index (χ1v) is 8.69. The molecule has 1 aliphatic rings. The molecular formula is C15H17F3N2S2. The molecule has 2 aromatic heterocycles. The van der Waals surface area contributed by atoms with E-state index in [2.05, 4.69) is 29.8 Å². The fourth-order valence-corrected chi connectivity index (χ4v) is 5.27. The van der Waals surface area contributed by atoms with E-state index in [-0.39, 0.29) is 11.5 Å². The van der Waals surface area contributed by atoms with E-state index in [4.69, 9.17) is 0 Å². The summed E-state index contributed by atoms with van der Waals surface area (Å²) in [5.41, 5.74) is -0.632. The highest BCUT2D eigenvalue weighted by molar-refractivity contribution is 7.11. The molecule has 0 N–H and O–H groups in total. The molecule has 0 radical (unpaired) electrons. The molecule has 7 heteroatoms. The van der Waals surface area contributed by atoms with Gasteiger partial charge < -0.3 is 0 Å². The summed E-state index contributed by atoms with van der Waals surface area (Å²) in [7, 11) is 0. The molecule has 120 valence electrons. The smallest absolute Gasteiger partial charge is 0.289 e. The number of aryl methyl sites for hydroxylation is 1. The van der Waals surface area contributed by atoms with Crippen LogP contribution in [0.15, 0.2) is 17.5 Å². The zero-order valence-corrected chi connectivity index (χ0v) is 14.2. The van der Waals surface area contributed by atoms with Gasteiger partial charge >= 0.3 is 6.18 Å². The van der Waals surface area contributed by atoms with Crippen LogP contribution in [0.25, 0.3) is 0 Å². The average molecular weight is 346 g/mol. The number of rotatable bonds is 3. The van der Waals surface area contributed by atoms with Gasteiger partial charge in [-0.25, -0.2) is 4.98 Å². The van der Waals surface area contributed by atoms with Crippen molar-refractivity contribution in [2.75, 3.05) is 6.54 Å². The number of aromatic nitrogens is 1. The summed E-state index contributed by atoms with van der Waals surface area (Å²) in [6.07, 6.45) is -4.38. The third-order valence-electron chi connectivity index (χ3n) is 3.95. The van der Waals surface area contributed by atoms with Crippen LogP contribution in [0.2, 0.25) is 0 Å². The molecule has 3 heterocycles. The minimum Gasteiger partial charge on any atom is -0.289 e. The molecule has 0 aromatic carbocycles. The molecule has 1 aliphatic heterocycles. The molecule has 0 unspecified atom stereocenters. The largest absolute Gasteiger partial charge is 0.434 e. The second-order valence-electron chi connectivity index (χ2n) is 6.31. The van der Waals surface area contributed by atoms with Gasteiger partial charge in [-0.15, -0.1) is 22.7 Å². The van der Waals surface area contributed by atoms with E-state index in [0.29, 0.717) is 16.4 Å². The van der Waals surface area contributed by atoms with Crippen molar-refractivity contribution < 1.29 is 13.2 Å². The predicted octanol–water partition coefficient (Wildman–Crippen LogP) is 5.11. The Hall–Kier alpha value is -0.920. The zero-order chi connectivity index (χ0) is 16.1. The van der Waals surface area contributed by atoms with Gasteiger partial charge in [-0.3, -0.25) is 4.90 Å². The molecule has 0 spiro atoms. The van der Waals surface area contributed by atoms with Crippen molar-refractivity contribution in [3.05, 3.63) is 38.0 Å². The first-order chi connectivity index (χ1) is 10.2. The lowest BCUT2D eigenvalue weighted by atomic mass is 9.74. The zero-order valence-electron chi connectivity index (χ0n) is 12.6. The van der Waals surface area contributed by atoms with Gasteiger partial charge in [-0.2, -0.15) is 13.2 Å². The lowest BCUT2D eigenvalue weighted by Gasteiger charge is -2.54. The van der Waals surface area contributed by atoms with Crippen molar-refractivity contribution in [1.82, 2.24) is 9.88 Å². The molecule has 2 aromatic rings. The van der Waals surface area contributed by atoms with Crippen LogP contribution < -0.4 is 0 Å². The van der Waals surface area contributed by atoms with E-state index in [0.717, 1.165) is 17.9 Å². The van der Waals surface area contributed by atoms with Gasteiger partial charge in [-0.1, -0.05) is 19.9 Å². The number of thiophene rings is 1. The lowest BCUT2D eigenvalue weighted by molar-refractivity contribution is -0.142. The third-order valence-corrected chi connectivity index (χ3v) is 5.83. The quantitative estimate of drug-likeness (QED) is 0.767. The van der Waals surface area contributed by atoms with E-state index < -0.39 is 11.9 Å². The number of likely N-dealkylation sites (tertiary alicyclic amines) is 1. The molecule has 1 fully saturated rings. The second-order valence-corrected chi connectivity index (χ2v) is 8.58. The van der Waals surface area contributed by atoms with Crippen molar-refractivity contribution >= 4 is 22.7 Å². The molecular weight excluding hydrogens is 329 g/mol. The van der Waals surface area contributed by atoms with E-state index in [9.17, 15) is 13.2 Å². The molecule has 3 rings (SSSR count). The molecule has 1 atom stereocenters. The third kappa shape index (κ3) is 2.81. The molecule has 22 heavy (non-hydrogen) atoms. The topological polar surface area (TPSA) is 16.1 Å². The highest BCUT2D eigenvalue weighted by Crippen LogP contribution is 2.51. The fourth-order valence-electron chi connectivity index (χ4n) is 3.22. The van der Waals surface area contributed by atoms with Crippen LogP contribution in [0.1, 0.15) is 40.3 Å². The van der Waals surface area contributed by atoms with Crippen LogP contribution in [0.5, 0.6) is 0 Å². The molecule has 0 saturated carbocycles. The van der Waals surface area contributed by atoms with E-state index in [1.165, 1.54) is 4.88 Å². The Morgan fingerprint density at radius 2 is 2.14 bits per heavy atom. The summed E-state index contributed by atoms with van der Waals surface area (Å²) in [6.45, 7) is 7.06. The van der Waals surface area contributed by atoms with Gasteiger partial charge in [0.25, 0.3) is 0 Å². The first kappa shape index (κ1) is 16.0. The molecule has 0 amide bonds. The van der Waals surface area contributed by atoms with Crippen LogP contribution in [-0.4, -0.2) is 16.4 Å². The summed E-state index contributed by atoms with van der Waals surface area (Å²) in [6, 6.07) is 4.23. The Morgan fingerprint density at radius 3 is 2.68 bits per heavy atom. The summed E-state index contributed by atoms with van der Waals surface area (Å²) in [4.78, 5) is 7.34. The predicted molar refractivity (Wildman–Crippen MR) is 83.1 cm³/mol. The normalized spacial score (nSPS) is 21.8. The van der Waals surface area contributed by atoms with E-state index in [1.54, 1.807) is 18.3 Å². The van der Waals surface area contributed by atoms with Crippen molar-refractivity contribution in [3.8, 4) is 0 Å². The molecule has 0 aliphatic carbocycles. The lowest BCUT2D eigenvalue weighted by Crippen LogP contribution is -2.54. The van der Waals surface area contributed by atoms with Gasteiger partial charge in [0.05, 0.1) is 15.9 Å². The summed E-state index contributed by atoms with van der Waals surface area (Å²) >= 11 is 2.81. The average Bonchev–Trinajstić information content (AvgIpc) is 2.97. The minimum absolute atomic E-state index is 0.0863. The van der Waals surface area contributed by atoms with E-state index >= 15 is 0 Å². The van der Waals surface area contributed by atoms with Crippen LogP contribution in [-0.2, 0) is 12.7 Å². The number of alkyl halides is 3. The van der Waals surface area contributed by atoms with Gasteiger partial charge in [-0.05, 0) is 23.8 Å². The Labute approximate surface area is 135 Å². The first-order valence-electron chi connectivity index (χ1n) is 6.99. The molecule has 1 saturated heterocycles. The maximum Gasteiger partial charge on any atom is 0.434 e. The number of thiazole rings is 1. The number of hydrogen-bond acceptors (Lipinski definition) is 4. The van der Waals surface area contributed by atoms with Crippen LogP contribution in [0, 0.1) is 12.3 Å². The standard InChI is InChI=1S/C15H17F3N2S2/c1-9-19-12(15(16,17)18)11(22-9)7-20-8-14(2,3)13(20)10-5-4-6-21-10/h4-6,13H,7-8H2,1-3H3/t13-/m0/s1. The Morgan fingerprint density at radius 1 is 1.41 bits per heavy atom. The van der Waals surface area contributed by atoms with Gasteiger partial charge in [0.2, 0.25) is 0 Å². The van der Waals surface area contributed by atoms with Crippen molar-refractivity contribution in [2.24, 2.45) is 5.41 Å². The second kappa shape index (κ2) is 5.32. The monoisotopic (exact) mass is 346 g/mol. The highest BCUT2D eigenvalue weighted by Gasteiger charge is 2.48. The van der Waals surface area contributed by atoms with Crippen LogP contribution in [0.3, 0.4) is 0 Å². The Balaban J connectivity index is 1.85. The number of halogens is 3. The SMILES string of the molecule is Cc1nc(C(F)(F)F)c(CN2CC(C)(C)[C@@H]2c2cccs2)s1. The maximum atomic E-state index is 13.1. The van der Waals surface area contributed by atoms with Crippen molar-refractivity contribution in [1.29, 1.82) is 0 Å². The van der Waals surface area contributed by atoms with Crippen LogP contribution >= 0.6 is 22.7 Å². The molecule has 0 bridgehead atoms. The van der Waals surface area contributed by atoms with Gasteiger partial charge in [0.1, 0.15) is 0 Å². The van der Waals surface area contributed by atoms with Gasteiger partial charge in [0.15, 0.2) is 5.69 Å². The minimum atomic E-state index is -4.38. The summed E-state index contributed by atoms with van der Waals surface area (Å²) in [5.74, 6) is 0. The van der Waals surface area contributed by atoms with Crippen molar-refractivity contribution in [2.45, 2.75) is 39.5 Å².